The largest absolute Gasteiger partial charge is 0.472 e. The van der Waals surface area contributed by atoms with Gasteiger partial charge in [-0.05, 0) is 89.9 Å². The van der Waals surface area contributed by atoms with Crippen molar-refractivity contribution in [2.24, 2.45) is 0 Å². The Labute approximate surface area is 623 Å². The number of rotatable bonds is 80. The van der Waals surface area contributed by atoms with Gasteiger partial charge in [-0.2, -0.15) is 0 Å². The van der Waals surface area contributed by atoms with Gasteiger partial charge in [-0.15, -0.1) is 0 Å². The van der Waals surface area contributed by atoms with E-state index in [1.54, 1.807) is 0 Å². The molecule has 17 nitrogen and oxygen atoms in total. The molecular weight excluding hydrogens is 1330 g/mol. The van der Waals surface area contributed by atoms with E-state index >= 15 is 0 Å². The Hall–Kier alpha value is -2.98. The van der Waals surface area contributed by atoms with Crippen LogP contribution in [0.4, 0.5) is 0 Å². The van der Waals surface area contributed by atoms with Crippen molar-refractivity contribution in [1.82, 2.24) is 0 Å². The number of hydrogen-bond donors (Lipinski definition) is 3. The number of unbranched alkanes of at least 4 members (excludes halogenated alkanes) is 46. The second-order valence-corrected chi connectivity index (χ2v) is 31.3. The van der Waals surface area contributed by atoms with Crippen LogP contribution in [0.15, 0.2) is 48.6 Å². The molecule has 19 heteroatoms. The molecule has 0 aliphatic rings. The monoisotopic (exact) mass is 1490 g/mol. The standard InChI is InChI=1S/C83H154O17P2/c1-5-9-13-17-21-25-29-33-37-38-42-44-48-52-56-60-64-68-81(86)94-74-79(100-83(88)70-66-62-58-54-50-46-41-36-32-28-24-20-16-12-8-4)76-98-102(91,92)96-72-77(84)71-95-101(89,90)97-75-78(99-82(87)69-65-61-57-53-49-45-40-35-31-27-23-19-15-11-7-3)73-93-80(85)67-63-59-55-51-47-43-39-34-30-26-22-18-14-10-6-2/h22,24,26,28,34,36,39,41,77-79,84H,5-21,23,25,27,29-33,35,37-38,40,42-76H2,1-4H3,(H,89,90)(H,91,92)/b26-22-,28-24-,39-34-,41-36-/t77-,78+,79+/m0/s1. The zero-order chi connectivity index (χ0) is 74.6. The lowest BCUT2D eigenvalue weighted by Crippen LogP contribution is -2.30. The lowest BCUT2D eigenvalue weighted by Gasteiger charge is -2.21. The summed E-state index contributed by atoms with van der Waals surface area (Å²) < 4.78 is 68.7. The summed E-state index contributed by atoms with van der Waals surface area (Å²) >= 11 is 0. The molecule has 5 atom stereocenters. The first-order chi connectivity index (χ1) is 49.7. The van der Waals surface area contributed by atoms with Gasteiger partial charge in [0.15, 0.2) is 12.2 Å². The minimum atomic E-state index is -4.97. The van der Waals surface area contributed by atoms with Crippen molar-refractivity contribution < 1.29 is 80.2 Å². The predicted octanol–water partition coefficient (Wildman–Crippen LogP) is 24.5. The van der Waals surface area contributed by atoms with Gasteiger partial charge in [-0.3, -0.25) is 37.3 Å². The van der Waals surface area contributed by atoms with Gasteiger partial charge in [0.25, 0.3) is 0 Å². The van der Waals surface area contributed by atoms with Gasteiger partial charge >= 0.3 is 39.5 Å². The molecule has 0 amide bonds. The third-order valence-electron chi connectivity index (χ3n) is 18.3. The van der Waals surface area contributed by atoms with Crippen LogP contribution < -0.4 is 0 Å². The number of esters is 4. The fourth-order valence-corrected chi connectivity index (χ4v) is 13.5. The normalized spacial score (nSPS) is 14.1. The summed E-state index contributed by atoms with van der Waals surface area (Å²) in [6.45, 7) is 4.90. The quantitative estimate of drug-likeness (QED) is 0.0169. The third kappa shape index (κ3) is 75.3. The smallest absolute Gasteiger partial charge is 0.462 e. The van der Waals surface area contributed by atoms with Gasteiger partial charge in [-0.25, -0.2) is 9.13 Å². The summed E-state index contributed by atoms with van der Waals surface area (Å²) in [4.78, 5) is 73.1. The van der Waals surface area contributed by atoms with Crippen molar-refractivity contribution in [3.8, 4) is 0 Å². The fraction of sp³-hybridized carbons (Fsp3) is 0.855. The first kappa shape index (κ1) is 99.0. The van der Waals surface area contributed by atoms with Gasteiger partial charge in [-0.1, -0.05) is 333 Å². The maximum Gasteiger partial charge on any atom is 0.472 e. The minimum absolute atomic E-state index is 0.0855. The number of phosphoric acid groups is 2. The lowest BCUT2D eigenvalue weighted by molar-refractivity contribution is -0.161. The highest BCUT2D eigenvalue weighted by Gasteiger charge is 2.30. The van der Waals surface area contributed by atoms with Crippen molar-refractivity contribution in [1.29, 1.82) is 0 Å². The zero-order valence-corrected chi connectivity index (χ0v) is 67.3. The predicted molar refractivity (Wildman–Crippen MR) is 418 cm³/mol. The number of hydrogen-bond acceptors (Lipinski definition) is 15. The number of aliphatic hydroxyl groups excluding tert-OH is 1. The number of allylic oxidation sites excluding steroid dienone is 8. The lowest BCUT2D eigenvalue weighted by atomic mass is 10.0. The molecule has 0 heterocycles. The van der Waals surface area contributed by atoms with E-state index in [4.69, 9.17) is 37.0 Å². The minimum Gasteiger partial charge on any atom is -0.462 e. The molecule has 102 heavy (non-hydrogen) atoms. The summed E-state index contributed by atoms with van der Waals surface area (Å²) in [5.74, 6) is -2.16. The molecule has 2 unspecified atom stereocenters. The van der Waals surface area contributed by atoms with Crippen molar-refractivity contribution in [3.63, 3.8) is 0 Å². The van der Waals surface area contributed by atoms with Crippen molar-refractivity contribution in [2.75, 3.05) is 39.6 Å². The van der Waals surface area contributed by atoms with Crippen LogP contribution in [0.1, 0.15) is 400 Å². The number of carbonyl (C=O) groups excluding carboxylic acids is 4. The summed E-state index contributed by atoms with van der Waals surface area (Å²) in [5.41, 5.74) is 0. The first-order valence-electron chi connectivity index (χ1n) is 41.9. The number of ether oxygens (including phenoxy) is 4. The zero-order valence-electron chi connectivity index (χ0n) is 65.6. The SMILES string of the molecule is CCCCC/C=C\C/C=C\CCCCCCCC(=O)OC[C@H](COP(=O)(O)OC[C@H](O)COP(=O)(O)OC[C@@H](COC(=O)CCCCCCCCCCCCCCCCCCC)OC(=O)CCCCCCC/C=C\C/C=C\CCCCC)OC(=O)CCCCCCCCCCCCCCCCC. The van der Waals surface area contributed by atoms with E-state index in [9.17, 15) is 43.2 Å². The molecule has 0 fully saturated rings. The van der Waals surface area contributed by atoms with E-state index in [1.807, 2.05) is 0 Å². The van der Waals surface area contributed by atoms with Gasteiger partial charge in [0.1, 0.15) is 19.3 Å². The Morgan fingerprint density at radius 2 is 0.480 bits per heavy atom. The Morgan fingerprint density at radius 3 is 0.745 bits per heavy atom. The molecule has 3 N–H and O–H groups in total. The number of carbonyl (C=O) groups is 4. The Morgan fingerprint density at radius 1 is 0.275 bits per heavy atom. The maximum absolute atomic E-state index is 13.1. The third-order valence-corrected chi connectivity index (χ3v) is 20.2. The number of aliphatic hydroxyl groups is 1. The van der Waals surface area contributed by atoms with Crippen LogP contribution in [0.3, 0.4) is 0 Å². The molecule has 0 aromatic rings. The molecule has 0 spiro atoms. The summed E-state index contributed by atoms with van der Waals surface area (Å²) in [6, 6.07) is 0. The Kier molecular flexibility index (Phi) is 74.0. The van der Waals surface area contributed by atoms with Crippen LogP contribution in [0.25, 0.3) is 0 Å². The van der Waals surface area contributed by atoms with Crippen LogP contribution in [-0.4, -0.2) is 96.7 Å². The van der Waals surface area contributed by atoms with Crippen molar-refractivity contribution in [3.05, 3.63) is 48.6 Å². The highest BCUT2D eigenvalue weighted by molar-refractivity contribution is 7.47. The van der Waals surface area contributed by atoms with Crippen LogP contribution >= 0.6 is 15.6 Å². The summed E-state index contributed by atoms with van der Waals surface area (Å²) in [5, 5.41) is 10.7. The average Bonchev–Trinajstić information content (AvgIpc) is 0.926. The van der Waals surface area contributed by atoms with Crippen LogP contribution in [-0.2, 0) is 65.4 Å². The molecule has 598 valence electrons. The van der Waals surface area contributed by atoms with Crippen LogP contribution in [0.2, 0.25) is 0 Å². The van der Waals surface area contributed by atoms with Gasteiger partial charge in [0, 0.05) is 25.7 Å². The molecular formula is C83H154O17P2. The molecule has 0 radical (unpaired) electrons. The van der Waals surface area contributed by atoms with E-state index < -0.39 is 97.5 Å². The van der Waals surface area contributed by atoms with E-state index in [0.29, 0.717) is 25.7 Å². The van der Waals surface area contributed by atoms with E-state index in [-0.39, 0.29) is 25.7 Å². The molecule has 0 aliphatic carbocycles. The van der Waals surface area contributed by atoms with Crippen LogP contribution in [0.5, 0.6) is 0 Å². The van der Waals surface area contributed by atoms with E-state index in [0.717, 1.165) is 135 Å². The second kappa shape index (κ2) is 76.2. The van der Waals surface area contributed by atoms with Crippen LogP contribution in [0, 0.1) is 0 Å². The molecule has 0 saturated heterocycles. The topological polar surface area (TPSA) is 237 Å². The fourth-order valence-electron chi connectivity index (χ4n) is 11.9. The highest BCUT2D eigenvalue weighted by atomic mass is 31.2. The highest BCUT2D eigenvalue weighted by Crippen LogP contribution is 2.45. The van der Waals surface area contributed by atoms with Crippen molar-refractivity contribution >= 4 is 39.5 Å². The molecule has 0 bridgehead atoms. The summed E-state index contributed by atoms with van der Waals surface area (Å²) in [7, 11) is -9.95. The second-order valence-electron chi connectivity index (χ2n) is 28.4. The van der Waals surface area contributed by atoms with E-state index in [1.165, 1.54) is 186 Å². The molecule has 0 rings (SSSR count). The van der Waals surface area contributed by atoms with Crippen molar-refractivity contribution in [2.45, 2.75) is 418 Å². The van der Waals surface area contributed by atoms with E-state index in [2.05, 4.69) is 76.3 Å². The maximum atomic E-state index is 13.1. The molecule has 0 aromatic carbocycles. The Balaban J connectivity index is 5.32. The van der Waals surface area contributed by atoms with Gasteiger partial charge < -0.3 is 33.8 Å². The molecule has 0 aliphatic heterocycles. The molecule has 0 aromatic heterocycles. The average molecular weight is 1490 g/mol. The van der Waals surface area contributed by atoms with Gasteiger partial charge in [0.2, 0.25) is 0 Å². The summed E-state index contributed by atoms with van der Waals surface area (Å²) in [6.07, 6.45) is 75.0. The van der Waals surface area contributed by atoms with Gasteiger partial charge in [0.05, 0.1) is 26.4 Å². The number of phosphoric ester groups is 2. The molecule has 0 saturated carbocycles. The Bertz CT molecular complexity index is 2120. The first-order valence-corrected chi connectivity index (χ1v) is 44.9.